The molecule has 328 valence electrons. The molecule has 0 spiro atoms. The lowest BCUT2D eigenvalue weighted by Crippen LogP contribution is -2.37. The summed E-state index contributed by atoms with van der Waals surface area (Å²) in [6, 6.07) is 21.9. The number of anilines is 4. The monoisotopic (exact) mass is 898 g/mol. The van der Waals surface area contributed by atoms with Crippen LogP contribution in [-0.2, 0) is 19.7 Å². The van der Waals surface area contributed by atoms with Crippen LogP contribution >= 0.6 is 23.5 Å². The van der Waals surface area contributed by atoms with E-state index >= 15 is 0 Å². The molecule has 14 heteroatoms. The van der Waals surface area contributed by atoms with Gasteiger partial charge in [-0.15, -0.1) is 23.5 Å². The number of fused-ring (bicyclic) bond motifs is 2. The summed E-state index contributed by atoms with van der Waals surface area (Å²) in [5.41, 5.74) is 2.39. The molecule has 2 heterocycles. The number of unbranched alkanes of at least 4 members (excludes halogenated alkanes) is 2. The van der Waals surface area contributed by atoms with E-state index in [1.165, 1.54) is 35.7 Å². The zero-order valence-electron chi connectivity index (χ0n) is 36.3. The fraction of sp³-hybridized carbons (Fsp3) is 0.478. The van der Waals surface area contributed by atoms with Crippen LogP contribution in [0.5, 0.6) is 23.0 Å². The van der Waals surface area contributed by atoms with Gasteiger partial charge in [0.2, 0.25) is 0 Å². The molecule has 2 aliphatic heterocycles. The fourth-order valence-electron chi connectivity index (χ4n) is 8.39. The zero-order chi connectivity index (χ0) is 43.9. The average molecular weight is 899 g/mol. The molecule has 0 saturated carbocycles. The summed E-state index contributed by atoms with van der Waals surface area (Å²) in [7, 11) is -3.87. The topological polar surface area (TPSA) is 134 Å². The molecule has 0 unspecified atom stereocenters. The second-order valence-corrected chi connectivity index (χ2v) is 21.6. The van der Waals surface area contributed by atoms with E-state index in [0.29, 0.717) is 34.3 Å². The van der Waals surface area contributed by atoms with Gasteiger partial charge in [-0.1, -0.05) is 53.4 Å². The Balaban J connectivity index is 0.000000228. The Kier molecular flexibility index (Phi) is 15.8. The van der Waals surface area contributed by atoms with E-state index in [1.807, 2.05) is 73.2 Å². The van der Waals surface area contributed by atoms with Crippen LogP contribution < -0.4 is 19.3 Å². The lowest BCUT2D eigenvalue weighted by atomic mass is 9.81. The molecule has 0 bridgehead atoms. The predicted molar refractivity (Wildman–Crippen MR) is 248 cm³/mol. The molecule has 0 aliphatic carbocycles. The van der Waals surface area contributed by atoms with Crippen LogP contribution in [-0.4, -0.2) is 78.4 Å². The third-order valence-corrected chi connectivity index (χ3v) is 17.7. The van der Waals surface area contributed by atoms with Crippen molar-refractivity contribution in [1.82, 2.24) is 0 Å². The van der Waals surface area contributed by atoms with Gasteiger partial charge < -0.3 is 29.5 Å². The molecule has 0 fully saturated rings. The Morgan fingerprint density at radius 2 is 0.950 bits per heavy atom. The third kappa shape index (κ3) is 10.3. The summed E-state index contributed by atoms with van der Waals surface area (Å²) in [5.74, 6) is 1.71. The summed E-state index contributed by atoms with van der Waals surface area (Å²) in [6.07, 6.45) is 11.0. The number of methoxy groups -OCH3 is 2. The van der Waals surface area contributed by atoms with Crippen molar-refractivity contribution in [3.05, 3.63) is 72.8 Å². The first-order valence-electron chi connectivity index (χ1n) is 20.7. The zero-order valence-corrected chi connectivity index (χ0v) is 39.6. The van der Waals surface area contributed by atoms with E-state index in [9.17, 15) is 27.0 Å². The van der Waals surface area contributed by atoms with Crippen molar-refractivity contribution in [2.45, 2.75) is 98.6 Å². The molecule has 2 aliphatic rings. The largest absolute Gasteiger partial charge is 0.507 e. The summed E-state index contributed by atoms with van der Waals surface area (Å²) in [5, 5.41) is 20.8. The summed E-state index contributed by atoms with van der Waals surface area (Å²) < 4.78 is 64.6. The van der Waals surface area contributed by atoms with Gasteiger partial charge in [-0.25, -0.2) is 16.8 Å². The lowest BCUT2D eigenvalue weighted by Gasteiger charge is -2.36. The number of aromatic hydroxyl groups is 2. The minimum Gasteiger partial charge on any atom is -0.507 e. The van der Waals surface area contributed by atoms with E-state index in [4.69, 9.17) is 9.47 Å². The van der Waals surface area contributed by atoms with Crippen molar-refractivity contribution in [3.63, 3.8) is 0 Å². The van der Waals surface area contributed by atoms with Crippen LogP contribution in [0.15, 0.2) is 92.4 Å². The maximum absolute atomic E-state index is 13.5. The van der Waals surface area contributed by atoms with Crippen molar-refractivity contribution < 1.29 is 36.5 Å². The highest BCUT2D eigenvalue weighted by Crippen LogP contribution is 2.49. The molecule has 6 rings (SSSR count). The van der Waals surface area contributed by atoms with E-state index in [0.717, 1.165) is 74.2 Å². The molecule has 0 radical (unpaired) electrons. The number of hydrogen-bond donors (Lipinski definition) is 2. The smallest absolute Gasteiger partial charge is 0.181 e. The molecule has 0 saturated heterocycles. The van der Waals surface area contributed by atoms with Crippen molar-refractivity contribution in [1.29, 1.82) is 0 Å². The van der Waals surface area contributed by atoms with Gasteiger partial charge in [0, 0.05) is 47.4 Å². The van der Waals surface area contributed by atoms with Gasteiger partial charge in [0.15, 0.2) is 19.7 Å². The van der Waals surface area contributed by atoms with Crippen molar-refractivity contribution in [3.8, 4) is 23.0 Å². The predicted octanol–water partition coefficient (Wildman–Crippen LogP) is 11.3. The minimum atomic E-state index is -3.57. The quantitative estimate of drug-likeness (QED) is 0.117. The number of hydrogen-bond acceptors (Lipinski definition) is 12. The Labute approximate surface area is 366 Å². The molecular formula is C46H62N2O8S4. The molecule has 4 aromatic carbocycles. The second kappa shape index (κ2) is 20.0. The number of nitrogens with zero attached hydrogens (tertiary/aromatic N) is 2. The van der Waals surface area contributed by atoms with E-state index in [2.05, 4.69) is 37.5 Å². The number of phenols is 2. The Morgan fingerprint density at radius 1 is 0.600 bits per heavy atom. The first kappa shape index (κ1) is 47.3. The molecule has 60 heavy (non-hydrogen) atoms. The highest BCUT2D eigenvalue weighted by Gasteiger charge is 2.43. The molecule has 0 amide bonds. The van der Waals surface area contributed by atoms with Crippen LogP contribution in [0, 0.1) is 10.8 Å². The molecule has 4 aromatic rings. The molecular weight excluding hydrogens is 837 g/mol. The molecule has 2 atom stereocenters. The number of benzene rings is 4. The minimum absolute atomic E-state index is 0.0112. The van der Waals surface area contributed by atoms with Gasteiger partial charge in [-0.2, -0.15) is 0 Å². The number of rotatable bonds is 14. The second-order valence-electron chi connectivity index (χ2n) is 16.0. The van der Waals surface area contributed by atoms with Crippen LogP contribution in [0.3, 0.4) is 0 Å². The summed E-state index contributed by atoms with van der Waals surface area (Å²) in [6.45, 7) is 9.65. The van der Waals surface area contributed by atoms with Gasteiger partial charge in [0.05, 0.1) is 56.7 Å². The maximum atomic E-state index is 13.5. The number of thioether (sulfide) groups is 2. The van der Waals surface area contributed by atoms with E-state index in [1.54, 1.807) is 14.2 Å². The summed E-state index contributed by atoms with van der Waals surface area (Å²) in [4.78, 5) is 5.97. The van der Waals surface area contributed by atoms with Crippen LogP contribution in [0.1, 0.15) is 79.1 Å². The fourth-order valence-corrected chi connectivity index (χ4v) is 13.7. The van der Waals surface area contributed by atoms with Gasteiger partial charge in [0.25, 0.3) is 0 Å². The highest BCUT2D eigenvalue weighted by atomic mass is 32.2. The third-order valence-electron chi connectivity index (χ3n) is 12.1. The van der Waals surface area contributed by atoms with Crippen LogP contribution in [0.4, 0.5) is 22.7 Å². The SMILES string of the molecule is CCCC[C@@]1(CC)CN(c2ccc(OC)cc2)c2cc(SC)c(O)cc2S(=O)(=O)C1.CCCC[C@]1(CC)CN(c2ccc(OC)cc2)c2cc(SC)c(O)cc2S(=O)(=O)C1. The first-order valence-corrected chi connectivity index (χ1v) is 26.4. The van der Waals surface area contributed by atoms with Gasteiger partial charge >= 0.3 is 0 Å². The normalized spacial score (nSPS) is 20.5. The van der Waals surface area contributed by atoms with Gasteiger partial charge in [0.1, 0.15) is 23.0 Å². The molecule has 2 N–H and O–H groups in total. The first-order chi connectivity index (χ1) is 28.6. The average Bonchev–Trinajstić information content (AvgIpc) is 3.41. The lowest BCUT2D eigenvalue weighted by molar-refractivity contribution is 0.290. The van der Waals surface area contributed by atoms with Gasteiger partial charge in [-0.3, -0.25) is 0 Å². The van der Waals surface area contributed by atoms with Crippen molar-refractivity contribution in [2.75, 3.05) is 61.1 Å². The van der Waals surface area contributed by atoms with Crippen molar-refractivity contribution >= 4 is 65.9 Å². The maximum Gasteiger partial charge on any atom is 0.181 e. The molecule has 10 nitrogen and oxygen atoms in total. The Morgan fingerprint density at radius 3 is 1.23 bits per heavy atom. The van der Waals surface area contributed by atoms with E-state index in [-0.39, 0.29) is 43.6 Å². The highest BCUT2D eigenvalue weighted by molar-refractivity contribution is 7.99. The van der Waals surface area contributed by atoms with Crippen LogP contribution in [0.25, 0.3) is 0 Å². The molecule has 0 aromatic heterocycles. The number of ether oxygens (including phenoxy) is 2. The summed E-state index contributed by atoms with van der Waals surface area (Å²) >= 11 is 2.81. The van der Waals surface area contributed by atoms with Gasteiger partial charge in [-0.05, 0) is 98.9 Å². The number of sulfone groups is 2. The standard InChI is InChI=1S/2C23H31NO4S2/c2*1-5-7-12-23(6-2)15-24(17-8-10-18(28-3)11-9-17)19-13-21(29-4)20(25)14-22(19)30(26,27)16-23/h2*8-11,13-14,25H,5-7,12,15-16H2,1-4H3/t2*23-/m10/s1. The Bertz CT molecular complexity index is 2140. The van der Waals surface area contributed by atoms with Crippen LogP contribution in [0.2, 0.25) is 0 Å². The number of phenolic OH excluding ortho intramolecular Hbond substituents is 2. The van der Waals surface area contributed by atoms with Crippen molar-refractivity contribution in [2.24, 2.45) is 10.8 Å². The Hall–Kier alpha value is -3.72. The van der Waals surface area contributed by atoms with E-state index < -0.39 is 19.7 Å².